The Balaban J connectivity index is 0.000000367. The molecule has 0 aromatic carbocycles. The Kier molecular flexibility index (Phi) is 4.30. The summed E-state index contributed by atoms with van der Waals surface area (Å²) in [7, 11) is 0. The lowest BCUT2D eigenvalue weighted by atomic mass is 9.84. The van der Waals surface area contributed by atoms with Crippen LogP contribution in [0.5, 0.6) is 0 Å². The minimum Gasteiger partial charge on any atom is -0.483 e. The quantitative estimate of drug-likeness (QED) is 0.812. The van der Waals surface area contributed by atoms with Crippen LogP contribution in [0.1, 0.15) is 56.2 Å². The Morgan fingerprint density at radius 1 is 1.50 bits per heavy atom. The van der Waals surface area contributed by atoms with Crippen LogP contribution in [0.4, 0.5) is 0 Å². The van der Waals surface area contributed by atoms with Gasteiger partial charge in [0.15, 0.2) is 5.82 Å². The van der Waals surface area contributed by atoms with Crippen molar-refractivity contribution >= 4 is 6.47 Å². The molecule has 3 rings (SSSR count). The summed E-state index contributed by atoms with van der Waals surface area (Å²) in [5.41, 5.74) is 0. The van der Waals surface area contributed by atoms with E-state index in [1.807, 2.05) is 0 Å². The second kappa shape index (κ2) is 5.95. The van der Waals surface area contributed by atoms with Gasteiger partial charge in [-0.1, -0.05) is 13.3 Å². The van der Waals surface area contributed by atoms with Gasteiger partial charge in [0.2, 0.25) is 0 Å². The van der Waals surface area contributed by atoms with E-state index >= 15 is 0 Å². The molecule has 0 spiro atoms. The van der Waals surface area contributed by atoms with Crippen LogP contribution >= 0.6 is 0 Å². The number of carboxylic acid groups (broad SMARTS) is 1. The van der Waals surface area contributed by atoms with Gasteiger partial charge in [-0.15, -0.1) is 10.2 Å². The zero-order valence-corrected chi connectivity index (χ0v) is 10.6. The molecule has 18 heavy (non-hydrogen) atoms. The molecule has 0 amide bonds. The van der Waals surface area contributed by atoms with E-state index in [0.717, 1.165) is 18.9 Å². The van der Waals surface area contributed by atoms with Crippen molar-refractivity contribution in [2.75, 3.05) is 6.61 Å². The maximum absolute atomic E-state index is 8.36. The highest BCUT2D eigenvalue weighted by Gasteiger charge is 2.30. The van der Waals surface area contributed by atoms with Crippen molar-refractivity contribution < 1.29 is 14.6 Å². The second-order valence-corrected chi connectivity index (χ2v) is 4.65. The van der Waals surface area contributed by atoms with E-state index in [9.17, 15) is 0 Å². The van der Waals surface area contributed by atoms with Crippen molar-refractivity contribution in [2.24, 2.45) is 0 Å². The minimum absolute atomic E-state index is 0.250. The van der Waals surface area contributed by atoms with Gasteiger partial charge in [0.1, 0.15) is 12.4 Å². The summed E-state index contributed by atoms with van der Waals surface area (Å²) in [5.74, 6) is 2.90. The molecule has 1 atom stereocenters. The molecular weight excluding hydrogens is 234 g/mol. The van der Waals surface area contributed by atoms with Gasteiger partial charge in [-0.3, -0.25) is 4.79 Å². The fourth-order valence-electron chi connectivity index (χ4n) is 2.44. The third-order valence-corrected chi connectivity index (χ3v) is 3.64. The Hall–Kier alpha value is -1.43. The van der Waals surface area contributed by atoms with Gasteiger partial charge in [0.25, 0.3) is 6.47 Å². The molecule has 6 nitrogen and oxygen atoms in total. The first-order valence-corrected chi connectivity index (χ1v) is 6.41. The topological polar surface area (TPSA) is 77.2 Å². The molecule has 1 unspecified atom stereocenters. The lowest BCUT2D eigenvalue weighted by Gasteiger charge is -2.30. The fourth-order valence-corrected chi connectivity index (χ4v) is 2.44. The molecule has 1 aliphatic heterocycles. The standard InChI is InChI=1S/C11H17N3O.CH2O2/c1-2-9-6-15-7-10-12-13-11(14(9)10)8-4-3-5-8;2-1-3/h8-9H,2-7H2,1H3;1H,(H,2,3). The van der Waals surface area contributed by atoms with Crippen molar-refractivity contribution in [3.05, 3.63) is 11.6 Å². The summed E-state index contributed by atoms with van der Waals surface area (Å²) in [6, 6.07) is 0.458. The van der Waals surface area contributed by atoms with Crippen molar-refractivity contribution in [3.63, 3.8) is 0 Å². The average molecular weight is 253 g/mol. The molecule has 1 aromatic heterocycles. The van der Waals surface area contributed by atoms with Crippen LogP contribution in [-0.2, 0) is 16.1 Å². The third kappa shape index (κ3) is 2.38. The van der Waals surface area contributed by atoms with E-state index in [2.05, 4.69) is 21.7 Å². The van der Waals surface area contributed by atoms with Crippen molar-refractivity contribution in [2.45, 2.75) is 51.2 Å². The fraction of sp³-hybridized carbons (Fsp3) is 0.750. The van der Waals surface area contributed by atoms with Crippen LogP contribution in [0.25, 0.3) is 0 Å². The molecule has 1 saturated carbocycles. The van der Waals surface area contributed by atoms with Crippen LogP contribution in [0.2, 0.25) is 0 Å². The summed E-state index contributed by atoms with van der Waals surface area (Å²) in [4.78, 5) is 8.36. The van der Waals surface area contributed by atoms with Gasteiger partial charge in [-0.2, -0.15) is 0 Å². The average Bonchev–Trinajstić information content (AvgIpc) is 2.72. The summed E-state index contributed by atoms with van der Waals surface area (Å²) in [6.45, 7) is 3.41. The molecule has 100 valence electrons. The van der Waals surface area contributed by atoms with E-state index in [4.69, 9.17) is 14.6 Å². The highest BCUT2D eigenvalue weighted by molar-refractivity contribution is 5.32. The van der Waals surface area contributed by atoms with Gasteiger partial charge < -0.3 is 14.4 Å². The van der Waals surface area contributed by atoms with E-state index in [0.29, 0.717) is 18.6 Å². The van der Waals surface area contributed by atoms with Gasteiger partial charge in [0, 0.05) is 5.92 Å². The number of hydrogen-bond donors (Lipinski definition) is 1. The van der Waals surface area contributed by atoms with Gasteiger partial charge in [-0.05, 0) is 19.3 Å². The molecule has 1 N–H and O–H groups in total. The van der Waals surface area contributed by atoms with Crippen molar-refractivity contribution in [1.82, 2.24) is 14.8 Å². The van der Waals surface area contributed by atoms with Crippen LogP contribution < -0.4 is 0 Å². The summed E-state index contributed by atoms with van der Waals surface area (Å²) in [5, 5.41) is 15.5. The molecule has 6 heteroatoms. The van der Waals surface area contributed by atoms with Crippen molar-refractivity contribution in [3.8, 4) is 0 Å². The third-order valence-electron chi connectivity index (χ3n) is 3.64. The molecule has 0 bridgehead atoms. The smallest absolute Gasteiger partial charge is 0.290 e. The first kappa shape index (κ1) is 13.0. The Morgan fingerprint density at radius 2 is 2.22 bits per heavy atom. The minimum atomic E-state index is -0.250. The van der Waals surface area contributed by atoms with Gasteiger partial charge >= 0.3 is 0 Å². The lowest BCUT2D eigenvalue weighted by Crippen LogP contribution is -2.27. The highest BCUT2D eigenvalue weighted by Crippen LogP contribution is 2.37. The number of ether oxygens (including phenoxy) is 1. The Labute approximate surface area is 106 Å². The summed E-state index contributed by atoms with van der Waals surface area (Å²) in [6.07, 6.45) is 5.02. The van der Waals surface area contributed by atoms with Crippen molar-refractivity contribution in [1.29, 1.82) is 0 Å². The van der Waals surface area contributed by atoms with Crippen LogP contribution in [0.3, 0.4) is 0 Å². The second-order valence-electron chi connectivity index (χ2n) is 4.65. The normalized spacial score (nSPS) is 22.4. The van der Waals surface area contributed by atoms with Crippen LogP contribution in [0, 0.1) is 0 Å². The predicted octanol–water partition coefficient (Wildman–Crippen LogP) is 1.73. The SMILES string of the molecule is CCC1COCc2nnc(C3CCC3)n21.O=CO. The first-order valence-electron chi connectivity index (χ1n) is 6.41. The van der Waals surface area contributed by atoms with Gasteiger partial charge in [-0.25, -0.2) is 0 Å². The monoisotopic (exact) mass is 253 g/mol. The zero-order chi connectivity index (χ0) is 13.0. The number of hydrogen-bond acceptors (Lipinski definition) is 4. The number of carbonyl (C=O) groups is 1. The summed E-state index contributed by atoms with van der Waals surface area (Å²) >= 11 is 0. The largest absolute Gasteiger partial charge is 0.483 e. The lowest BCUT2D eigenvalue weighted by molar-refractivity contribution is -0.122. The number of rotatable bonds is 2. The number of fused-ring (bicyclic) bond motifs is 1. The molecule has 1 aromatic rings. The first-order chi connectivity index (χ1) is 8.81. The van der Waals surface area contributed by atoms with E-state index in [1.54, 1.807) is 0 Å². The number of nitrogens with zero attached hydrogens (tertiary/aromatic N) is 3. The molecule has 2 heterocycles. The maximum atomic E-state index is 8.36. The maximum Gasteiger partial charge on any atom is 0.290 e. The van der Waals surface area contributed by atoms with Crippen LogP contribution in [0.15, 0.2) is 0 Å². The number of aromatic nitrogens is 3. The highest BCUT2D eigenvalue weighted by atomic mass is 16.5. The molecule has 1 aliphatic carbocycles. The Morgan fingerprint density at radius 3 is 2.78 bits per heavy atom. The zero-order valence-electron chi connectivity index (χ0n) is 10.6. The van der Waals surface area contributed by atoms with E-state index in [1.165, 1.54) is 25.1 Å². The molecule has 1 fully saturated rings. The molecule has 0 saturated heterocycles. The molecule has 2 aliphatic rings. The predicted molar refractivity (Wildman–Crippen MR) is 64.3 cm³/mol. The van der Waals surface area contributed by atoms with Crippen LogP contribution in [-0.4, -0.2) is 33.0 Å². The van der Waals surface area contributed by atoms with E-state index in [-0.39, 0.29) is 6.47 Å². The Bertz CT molecular complexity index is 401. The van der Waals surface area contributed by atoms with E-state index < -0.39 is 0 Å². The van der Waals surface area contributed by atoms with Gasteiger partial charge in [0.05, 0.1) is 12.6 Å². The summed E-state index contributed by atoms with van der Waals surface area (Å²) < 4.78 is 7.86. The molecular formula is C12H19N3O3. The molecule has 0 radical (unpaired) electrons.